The maximum atomic E-state index is 5.93. The number of rotatable bonds is 6. The van der Waals surface area contributed by atoms with Crippen molar-refractivity contribution in [2.45, 2.75) is 38.2 Å². The fourth-order valence-electron chi connectivity index (χ4n) is 3.84. The zero-order valence-electron chi connectivity index (χ0n) is 15.2. The number of likely N-dealkylation sites (tertiary alicyclic amines) is 1. The fraction of sp³-hybridized carbons (Fsp3) is 0.550. The van der Waals surface area contributed by atoms with E-state index in [0.717, 1.165) is 44.7 Å². The van der Waals surface area contributed by atoms with Gasteiger partial charge in [0.2, 0.25) is 0 Å². The van der Waals surface area contributed by atoms with E-state index in [2.05, 4.69) is 52.7 Å². The van der Waals surface area contributed by atoms with Crippen LogP contribution in [0.15, 0.2) is 36.7 Å². The molecular formula is C20H29N3O. The monoisotopic (exact) mass is 327 g/mol. The third-order valence-electron chi connectivity index (χ3n) is 5.31. The second kappa shape index (κ2) is 7.49. The van der Waals surface area contributed by atoms with Gasteiger partial charge in [0.05, 0.1) is 0 Å². The van der Waals surface area contributed by atoms with Gasteiger partial charge >= 0.3 is 0 Å². The minimum Gasteiger partial charge on any atom is -0.370 e. The van der Waals surface area contributed by atoms with Crippen molar-refractivity contribution in [2.75, 3.05) is 26.7 Å². The Bertz CT molecular complexity index is 656. The average molecular weight is 327 g/mol. The first-order chi connectivity index (χ1) is 11.6. The van der Waals surface area contributed by atoms with Crippen molar-refractivity contribution >= 4 is 0 Å². The molecule has 1 aromatic heterocycles. The van der Waals surface area contributed by atoms with Gasteiger partial charge < -0.3 is 14.2 Å². The summed E-state index contributed by atoms with van der Waals surface area (Å²) in [4.78, 5) is 7.10. The van der Waals surface area contributed by atoms with Crippen molar-refractivity contribution in [3.8, 4) is 0 Å². The molecule has 0 amide bonds. The summed E-state index contributed by atoms with van der Waals surface area (Å²) in [5.74, 6) is 1.06. The molecule has 4 heteroatoms. The van der Waals surface area contributed by atoms with E-state index in [1.54, 1.807) is 0 Å². The minimum absolute atomic E-state index is 0.217. The van der Waals surface area contributed by atoms with E-state index >= 15 is 0 Å². The van der Waals surface area contributed by atoms with Crippen molar-refractivity contribution in [2.24, 2.45) is 7.05 Å². The summed E-state index contributed by atoms with van der Waals surface area (Å²) in [6.45, 7) is 5.48. The summed E-state index contributed by atoms with van der Waals surface area (Å²) in [7, 11) is 3.87. The van der Waals surface area contributed by atoms with Crippen LogP contribution < -0.4 is 0 Å². The number of nitrogens with zero attached hydrogens (tertiary/aromatic N) is 3. The summed E-state index contributed by atoms with van der Waals surface area (Å²) < 4.78 is 8.02. The zero-order valence-corrected chi connectivity index (χ0v) is 15.2. The van der Waals surface area contributed by atoms with Crippen LogP contribution in [-0.2, 0) is 23.8 Å². The highest BCUT2D eigenvalue weighted by atomic mass is 16.5. The maximum absolute atomic E-state index is 5.93. The lowest BCUT2D eigenvalue weighted by molar-refractivity contribution is -0.0703. The third kappa shape index (κ3) is 3.70. The van der Waals surface area contributed by atoms with Gasteiger partial charge in [0.1, 0.15) is 11.4 Å². The molecule has 0 spiro atoms. The largest absolute Gasteiger partial charge is 0.370 e. The average Bonchev–Trinajstić information content (AvgIpc) is 3.02. The summed E-state index contributed by atoms with van der Waals surface area (Å²) >= 11 is 0. The molecule has 0 N–H and O–H groups in total. The van der Waals surface area contributed by atoms with E-state index in [0.29, 0.717) is 0 Å². The van der Waals surface area contributed by atoms with E-state index in [4.69, 9.17) is 4.74 Å². The topological polar surface area (TPSA) is 30.3 Å². The van der Waals surface area contributed by atoms with E-state index in [1.807, 2.05) is 19.5 Å². The van der Waals surface area contributed by atoms with Crippen LogP contribution in [0.25, 0.3) is 0 Å². The standard InChI is InChI=1S/C20H29N3O/c1-17-6-4-7-18(16-17)8-5-12-23-13-9-20(24-3,10-14-23)19-21-11-15-22(19)2/h4,6-7,11,15-16H,5,8-10,12-14H2,1-3H3. The highest BCUT2D eigenvalue weighted by Gasteiger charge is 2.39. The van der Waals surface area contributed by atoms with Gasteiger partial charge in [-0.2, -0.15) is 0 Å². The van der Waals surface area contributed by atoms with E-state index in [-0.39, 0.29) is 5.60 Å². The van der Waals surface area contributed by atoms with Gasteiger partial charge in [0, 0.05) is 39.6 Å². The molecule has 24 heavy (non-hydrogen) atoms. The second-order valence-electron chi connectivity index (χ2n) is 6.99. The number of aromatic nitrogens is 2. The smallest absolute Gasteiger partial charge is 0.140 e. The van der Waals surface area contributed by atoms with Gasteiger partial charge in [-0.1, -0.05) is 29.8 Å². The van der Waals surface area contributed by atoms with Crippen LogP contribution in [-0.4, -0.2) is 41.2 Å². The molecular weight excluding hydrogens is 298 g/mol. The van der Waals surface area contributed by atoms with Crippen LogP contribution in [0.2, 0.25) is 0 Å². The van der Waals surface area contributed by atoms with Gasteiger partial charge in [0.25, 0.3) is 0 Å². The molecule has 1 fully saturated rings. The molecule has 0 bridgehead atoms. The maximum Gasteiger partial charge on any atom is 0.140 e. The van der Waals surface area contributed by atoms with Crippen molar-refractivity contribution < 1.29 is 4.74 Å². The molecule has 0 aliphatic carbocycles. The highest BCUT2D eigenvalue weighted by molar-refractivity contribution is 5.22. The molecule has 1 aliphatic heterocycles. The zero-order chi connectivity index (χ0) is 17.0. The SMILES string of the molecule is COC1(c2nccn2C)CCN(CCCc2cccc(C)c2)CC1. The second-order valence-corrected chi connectivity index (χ2v) is 6.99. The number of ether oxygens (including phenoxy) is 1. The molecule has 3 rings (SSSR count). The Morgan fingerprint density at radius 3 is 2.67 bits per heavy atom. The van der Waals surface area contributed by atoms with Crippen molar-refractivity contribution in [3.05, 3.63) is 53.6 Å². The predicted octanol–water partition coefficient (Wildman–Crippen LogP) is 3.30. The summed E-state index contributed by atoms with van der Waals surface area (Å²) in [6.07, 6.45) is 8.27. The van der Waals surface area contributed by atoms with Crippen molar-refractivity contribution in [3.63, 3.8) is 0 Å². The Hall–Kier alpha value is -1.65. The van der Waals surface area contributed by atoms with Gasteiger partial charge in [-0.05, 0) is 44.7 Å². The van der Waals surface area contributed by atoms with Crippen LogP contribution >= 0.6 is 0 Å². The summed E-state index contributed by atoms with van der Waals surface area (Å²) in [5, 5.41) is 0. The molecule has 4 nitrogen and oxygen atoms in total. The molecule has 0 radical (unpaired) electrons. The highest BCUT2D eigenvalue weighted by Crippen LogP contribution is 2.35. The first kappa shape index (κ1) is 17.2. The summed E-state index contributed by atoms with van der Waals surface area (Å²) in [6, 6.07) is 8.86. The normalized spacial score (nSPS) is 18.0. The van der Waals surface area contributed by atoms with Gasteiger partial charge in [0.15, 0.2) is 0 Å². The van der Waals surface area contributed by atoms with Gasteiger partial charge in [-0.25, -0.2) is 4.98 Å². The number of methoxy groups -OCH3 is 1. The summed E-state index contributed by atoms with van der Waals surface area (Å²) in [5.41, 5.74) is 2.59. The molecule has 0 unspecified atom stereocenters. The molecule has 1 saturated heterocycles. The van der Waals surface area contributed by atoms with Gasteiger partial charge in [-0.15, -0.1) is 0 Å². The third-order valence-corrected chi connectivity index (χ3v) is 5.31. The lowest BCUT2D eigenvalue weighted by Gasteiger charge is -2.40. The fourth-order valence-corrected chi connectivity index (χ4v) is 3.84. The number of hydrogen-bond donors (Lipinski definition) is 0. The Morgan fingerprint density at radius 2 is 2.04 bits per heavy atom. The number of benzene rings is 1. The van der Waals surface area contributed by atoms with E-state index in [9.17, 15) is 0 Å². The Labute approximate surface area is 145 Å². The first-order valence-corrected chi connectivity index (χ1v) is 8.94. The molecule has 0 saturated carbocycles. The Kier molecular flexibility index (Phi) is 5.36. The number of imidazole rings is 1. The molecule has 1 aliphatic rings. The Morgan fingerprint density at radius 1 is 1.25 bits per heavy atom. The van der Waals surface area contributed by atoms with Crippen molar-refractivity contribution in [1.29, 1.82) is 0 Å². The molecule has 2 aromatic rings. The number of aryl methyl sites for hydroxylation is 3. The van der Waals surface area contributed by atoms with Crippen LogP contribution in [0.5, 0.6) is 0 Å². The molecule has 0 atom stereocenters. The Balaban J connectivity index is 1.51. The van der Waals surface area contributed by atoms with Gasteiger partial charge in [-0.3, -0.25) is 0 Å². The lowest BCUT2D eigenvalue weighted by atomic mass is 9.90. The first-order valence-electron chi connectivity index (χ1n) is 8.94. The van der Waals surface area contributed by atoms with Crippen molar-refractivity contribution in [1.82, 2.24) is 14.5 Å². The number of piperidine rings is 1. The molecule has 2 heterocycles. The molecule has 1 aromatic carbocycles. The van der Waals surface area contributed by atoms with E-state index < -0.39 is 0 Å². The molecule has 130 valence electrons. The minimum atomic E-state index is -0.217. The van der Waals surface area contributed by atoms with Crippen LogP contribution in [0.1, 0.15) is 36.2 Å². The van der Waals surface area contributed by atoms with E-state index in [1.165, 1.54) is 17.5 Å². The quantitative estimate of drug-likeness (QED) is 0.815. The van der Waals surface area contributed by atoms with Crippen LogP contribution in [0.4, 0.5) is 0 Å². The lowest BCUT2D eigenvalue weighted by Crippen LogP contribution is -2.45. The predicted molar refractivity (Wildman–Crippen MR) is 97.1 cm³/mol. The number of hydrogen-bond acceptors (Lipinski definition) is 3. The van der Waals surface area contributed by atoms with Crippen LogP contribution in [0, 0.1) is 6.92 Å². The van der Waals surface area contributed by atoms with Crippen LogP contribution in [0.3, 0.4) is 0 Å².